The van der Waals surface area contributed by atoms with Gasteiger partial charge >= 0.3 is 0 Å². The molecule has 4 heterocycles. The summed E-state index contributed by atoms with van der Waals surface area (Å²) in [6, 6.07) is 3.67. The molecule has 0 spiro atoms. The molecule has 1 aliphatic rings. The van der Waals surface area contributed by atoms with Gasteiger partial charge in [0.15, 0.2) is 5.75 Å². The van der Waals surface area contributed by atoms with Crippen LogP contribution < -0.4 is 0 Å². The van der Waals surface area contributed by atoms with E-state index in [1.165, 1.54) is 4.31 Å². The third kappa shape index (κ3) is 2.63. The number of fused-ring (bicyclic) bond motifs is 3. The van der Waals surface area contributed by atoms with E-state index in [4.69, 9.17) is 5.26 Å². The van der Waals surface area contributed by atoms with Crippen molar-refractivity contribution in [2.75, 3.05) is 18.8 Å². The number of pyridine rings is 1. The third-order valence-corrected chi connectivity index (χ3v) is 6.18. The third-order valence-electron chi connectivity index (χ3n) is 4.57. The van der Waals surface area contributed by atoms with E-state index in [1.807, 2.05) is 19.2 Å². The largest absolute Gasteiger partial charge is 0.346 e. The highest BCUT2D eigenvalue weighted by atomic mass is 32.2. The Morgan fingerprint density at radius 2 is 2.28 bits per heavy atom. The summed E-state index contributed by atoms with van der Waals surface area (Å²) in [4.78, 5) is 16.6. The van der Waals surface area contributed by atoms with Gasteiger partial charge in [-0.2, -0.15) is 5.26 Å². The molecule has 1 fully saturated rings. The lowest BCUT2D eigenvalue weighted by atomic mass is 9.99. The van der Waals surface area contributed by atoms with Crippen molar-refractivity contribution >= 4 is 32.0 Å². The van der Waals surface area contributed by atoms with Crippen LogP contribution in [0.25, 0.3) is 21.9 Å². The van der Waals surface area contributed by atoms with Crippen molar-refractivity contribution in [3.63, 3.8) is 0 Å². The van der Waals surface area contributed by atoms with Crippen LogP contribution in [0.5, 0.6) is 0 Å². The number of H-pyrrole nitrogens is 1. The first-order valence-electron chi connectivity index (χ1n) is 7.94. The molecule has 1 N–H and O–H groups in total. The second-order valence-electron chi connectivity index (χ2n) is 6.17. The lowest BCUT2D eigenvalue weighted by Gasteiger charge is -2.16. The Morgan fingerprint density at radius 1 is 1.44 bits per heavy atom. The molecular weight excluding hydrogens is 340 g/mol. The summed E-state index contributed by atoms with van der Waals surface area (Å²) in [5.41, 5.74) is 2.37. The Hall–Kier alpha value is -2.57. The molecule has 0 amide bonds. The van der Waals surface area contributed by atoms with Crippen LogP contribution in [0.3, 0.4) is 0 Å². The topological polar surface area (TPSA) is 116 Å². The van der Waals surface area contributed by atoms with Gasteiger partial charge in [0.05, 0.1) is 23.5 Å². The van der Waals surface area contributed by atoms with E-state index in [0.717, 1.165) is 27.6 Å². The smallest absolute Gasteiger partial charge is 0.227 e. The van der Waals surface area contributed by atoms with Gasteiger partial charge in [0, 0.05) is 36.0 Å². The quantitative estimate of drug-likeness (QED) is 0.759. The molecule has 0 aromatic carbocycles. The maximum absolute atomic E-state index is 12.2. The predicted octanol–water partition coefficient (Wildman–Crippen LogP) is 1.46. The monoisotopic (exact) mass is 356 g/mol. The summed E-state index contributed by atoms with van der Waals surface area (Å²) >= 11 is 0. The van der Waals surface area contributed by atoms with Crippen LogP contribution in [-0.2, 0) is 10.0 Å². The minimum atomic E-state index is -3.54. The Bertz CT molecular complexity index is 1110. The Labute approximate surface area is 144 Å². The lowest BCUT2D eigenvalue weighted by molar-refractivity contribution is 0.475. The zero-order chi connectivity index (χ0) is 17.6. The second kappa shape index (κ2) is 5.75. The van der Waals surface area contributed by atoms with Crippen molar-refractivity contribution in [3.05, 3.63) is 30.0 Å². The van der Waals surface area contributed by atoms with Gasteiger partial charge in [-0.3, -0.25) is 0 Å². The summed E-state index contributed by atoms with van der Waals surface area (Å²) in [5, 5.41) is 10.6. The zero-order valence-corrected chi connectivity index (χ0v) is 14.4. The van der Waals surface area contributed by atoms with Gasteiger partial charge in [0.2, 0.25) is 10.0 Å². The van der Waals surface area contributed by atoms with Crippen molar-refractivity contribution in [2.45, 2.75) is 19.3 Å². The van der Waals surface area contributed by atoms with Crippen LogP contribution in [0, 0.1) is 18.3 Å². The fourth-order valence-electron chi connectivity index (χ4n) is 3.45. The second-order valence-corrected chi connectivity index (χ2v) is 8.14. The number of sulfonamides is 1. The van der Waals surface area contributed by atoms with Gasteiger partial charge in [-0.15, -0.1) is 0 Å². The fraction of sp³-hybridized carbons (Fsp3) is 0.375. The van der Waals surface area contributed by atoms with Crippen molar-refractivity contribution in [3.8, 4) is 6.07 Å². The number of aryl methyl sites for hydroxylation is 1. The van der Waals surface area contributed by atoms with E-state index in [9.17, 15) is 8.42 Å². The minimum absolute atomic E-state index is 0.0295. The standard InChI is InChI=1S/C16H16N6O2S/c1-10-20-13-8-19-16-12(2-5-18-16)14(13)15(21-10)11-3-6-22(9-11)25(23,24)7-4-17/h2,5,8,11H,3,6-7,9H2,1H3,(H,18,19). The van der Waals surface area contributed by atoms with Crippen molar-refractivity contribution in [1.29, 1.82) is 5.26 Å². The molecule has 0 bridgehead atoms. The summed E-state index contributed by atoms with van der Waals surface area (Å²) in [7, 11) is -3.54. The number of nitrogens with zero attached hydrogens (tertiary/aromatic N) is 5. The molecule has 0 radical (unpaired) electrons. The average molecular weight is 356 g/mol. The number of aromatic amines is 1. The van der Waals surface area contributed by atoms with Crippen molar-refractivity contribution in [1.82, 2.24) is 24.2 Å². The molecule has 3 aromatic heterocycles. The summed E-state index contributed by atoms with van der Waals surface area (Å²) in [6.07, 6.45) is 4.20. The SMILES string of the molecule is Cc1nc(C2CCN(S(=O)(=O)CC#N)C2)c2c(cnc3[nH]ccc32)n1. The molecule has 4 rings (SSSR count). The molecule has 9 heteroatoms. The molecule has 1 aliphatic heterocycles. The molecule has 1 atom stereocenters. The molecule has 0 saturated carbocycles. The Balaban J connectivity index is 1.82. The zero-order valence-electron chi connectivity index (χ0n) is 13.6. The molecule has 0 aliphatic carbocycles. The van der Waals surface area contributed by atoms with Crippen LogP contribution in [-0.4, -0.2) is 51.5 Å². The van der Waals surface area contributed by atoms with Gasteiger partial charge in [0.1, 0.15) is 11.5 Å². The average Bonchev–Trinajstić information content (AvgIpc) is 3.23. The van der Waals surface area contributed by atoms with Gasteiger partial charge in [0.25, 0.3) is 0 Å². The van der Waals surface area contributed by atoms with E-state index in [-0.39, 0.29) is 5.92 Å². The van der Waals surface area contributed by atoms with E-state index in [1.54, 1.807) is 12.3 Å². The van der Waals surface area contributed by atoms with Crippen LogP contribution in [0.4, 0.5) is 0 Å². The highest BCUT2D eigenvalue weighted by molar-refractivity contribution is 7.89. The maximum Gasteiger partial charge on any atom is 0.227 e. The van der Waals surface area contributed by atoms with Crippen LogP contribution in [0.1, 0.15) is 23.9 Å². The number of aromatic nitrogens is 4. The molecule has 8 nitrogen and oxygen atoms in total. The minimum Gasteiger partial charge on any atom is -0.346 e. The number of rotatable bonds is 3. The molecule has 128 valence electrons. The number of hydrogen-bond donors (Lipinski definition) is 1. The lowest BCUT2D eigenvalue weighted by Crippen LogP contribution is -2.30. The number of nitriles is 1. The number of hydrogen-bond acceptors (Lipinski definition) is 6. The van der Waals surface area contributed by atoms with Gasteiger partial charge in [-0.05, 0) is 19.4 Å². The molecule has 1 saturated heterocycles. The Morgan fingerprint density at radius 3 is 3.08 bits per heavy atom. The molecule has 1 unspecified atom stereocenters. The summed E-state index contributed by atoms with van der Waals surface area (Å²) in [6.45, 7) is 2.56. The van der Waals surface area contributed by atoms with Crippen LogP contribution in [0.2, 0.25) is 0 Å². The summed E-state index contributed by atoms with van der Waals surface area (Å²) < 4.78 is 25.7. The summed E-state index contributed by atoms with van der Waals surface area (Å²) in [5.74, 6) is 0.116. The predicted molar refractivity (Wildman–Crippen MR) is 92.3 cm³/mol. The van der Waals surface area contributed by atoms with Gasteiger partial charge in [-0.1, -0.05) is 0 Å². The van der Waals surface area contributed by atoms with E-state index in [2.05, 4.69) is 19.9 Å². The van der Waals surface area contributed by atoms with E-state index in [0.29, 0.717) is 25.3 Å². The van der Waals surface area contributed by atoms with E-state index < -0.39 is 15.8 Å². The van der Waals surface area contributed by atoms with E-state index >= 15 is 0 Å². The first-order valence-corrected chi connectivity index (χ1v) is 9.55. The van der Waals surface area contributed by atoms with Gasteiger partial charge < -0.3 is 4.98 Å². The first-order chi connectivity index (χ1) is 12.0. The highest BCUT2D eigenvalue weighted by Gasteiger charge is 2.34. The maximum atomic E-state index is 12.2. The molecule has 25 heavy (non-hydrogen) atoms. The molecular formula is C16H16N6O2S. The van der Waals surface area contributed by atoms with Crippen LogP contribution >= 0.6 is 0 Å². The first kappa shape index (κ1) is 15.9. The number of nitrogens with one attached hydrogen (secondary N) is 1. The normalized spacial score (nSPS) is 18.8. The van der Waals surface area contributed by atoms with Crippen molar-refractivity contribution in [2.24, 2.45) is 0 Å². The Kier molecular flexibility index (Phi) is 3.67. The van der Waals surface area contributed by atoms with Crippen molar-refractivity contribution < 1.29 is 8.42 Å². The van der Waals surface area contributed by atoms with Crippen LogP contribution in [0.15, 0.2) is 18.5 Å². The van der Waals surface area contributed by atoms with Gasteiger partial charge in [-0.25, -0.2) is 27.7 Å². The fourth-order valence-corrected chi connectivity index (χ4v) is 4.59. The molecule has 3 aromatic rings. The highest BCUT2D eigenvalue weighted by Crippen LogP contribution is 2.34.